The summed E-state index contributed by atoms with van der Waals surface area (Å²) in [6.45, 7) is 6.24. The number of likely N-dealkylation sites (N-methyl/N-ethyl adjacent to an activating group) is 3. The fraction of sp³-hybridized carbons (Fsp3) is 0.543. The van der Waals surface area contributed by atoms with Crippen LogP contribution in [0.1, 0.15) is 154 Å². The number of carbonyl (C=O) groups excluding carboxylic acids is 16. The first-order valence-corrected chi connectivity index (χ1v) is 47.3. The van der Waals surface area contributed by atoms with Crippen molar-refractivity contribution in [1.82, 2.24) is 81.9 Å². The van der Waals surface area contributed by atoms with Gasteiger partial charge in [-0.25, -0.2) is 4.79 Å². The van der Waals surface area contributed by atoms with Crippen LogP contribution in [0.3, 0.4) is 0 Å². The lowest BCUT2D eigenvalue weighted by Crippen LogP contribution is -2.61. The Labute approximate surface area is 802 Å². The number of amides is 15. The molecule has 3 aromatic carbocycles. The molecule has 8 rings (SSSR count). The normalized spacial score (nSPS) is 24.7. The average Bonchev–Trinajstić information content (AvgIpc) is 1.62. The summed E-state index contributed by atoms with van der Waals surface area (Å²) >= 11 is 0.640. The van der Waals surface area contributed by atoms with E-state index in [0.29, 0.717) is 63.1 Å². The van der Waals surface area contributed by atoms with Gasteiger partial charge in [-0.1, -0.05) is 102 Å². The third-order valence-electron chi connectivity index (χ3n) is 24.8. The first-order valence-electron chi connectivity index (χ1n) is 46.1. The molecule has 0 spiro atoms. The van der Waals surface area contributed by atoms with Crippen LogP contribution in [0.15, 0.2) is 85.2 Å². The van der Waals surface area contributed by atoms with Gasteiger partial charge in [-0.05, 0) is 112 Å². The number of terminal acetylenes is 1. The number of phenols is 1. The second-order valence-electron chi connectivity index (χ2n) is 35.5. The molecule has 0 radical (unpaired) electrons. The minimum absolute atomic E-state index is 0.0374. The number of carboxylic acids is 3. The van der Waals surface area contributed by atoms with Crippen molar-refractivity contribution in [2.75, 3.05) is 58.8 Å². The summed E-state index contributed by atoms with van der Waals surface area (Å²) in [4.78, 5) is 284. The molecule has 3 aliphatic rings. The van der Waals surface area contributed by atoms with Gasteiger partial charge >= 0.3 is 17.9 Å². The second-order valence-corrected chi connectivity index (χ2v) is 36.6. The van der Waals surface area contributed by atoms with E-state index in [1.165, 1.54) is 63.1 Å². The Hall–Kier alpha value is -13.5. The van der Waals surface area contributed by atoms with Crippen molar-refractivity contribution in [3.63, 3.8) is 0 Å². The molecule has 5 aromatic rings. The lowest BCUT2D eigenvalue weighted by molar-refractivity contribution is -0.149. The largest absolute Gasteiger partial charge is 0.508 e. The van der Waals surface area contributed by atoms with E-state index in [1.807, 2.05) is 0 Å². The lowest BCUT2D eigenvalue weighted by Gasteiger charge is -2.36. The van der Waals surface area contributed by atoms with Crippen molar-refractivity contribution in [3.8, 4) is 18.1 Å². The van der Waals surface area contributed by atoms with E-state index in [4.69, 9.17) is 23.6 Å². The molecule has 44 heteroatoms. The molecule has 0 saturated carbocycles. The summed E-state index contributed by atoms with van der Waals surface area (Å²) in [6.07, 6.45) is 3.15. The number of aromatic nitrogens is 2. The van der Waals surface area contributed by atoms with E-state index in [9.17, 15) is 83.1 Å². The maximum absolute atomic E-state index is 16.0. The highest BCUT2D eigenvalue weighted by Gasteiger charge is 2.47. The van der Waals surface area contributed by atoms with Crippen LogP contribution in [0.2, 0.25) is 0 Å². The molecule has 0 aliphatic carbocycles. The van der Waals surface area contributed by atoms with E-state index < -0.39 is 279 Å². The van der Waals surface area contributed by atoms with Crippen molar-refractivity contribution in [2.24, 2.45) is 29.0 Å². The van der Waals surface area contributed by atoms with Gasteiger partial charge in [0.25, 0.3) is 0 Å². The number of aliphatic carboxylic acids is 3. The summed E-state index contributed by atoms with van der Waals surface area (Å²) in [5.74, 6) is -21.2. The van der Waals surface area contributed by atoms with Crippen molar-refractivity contribution in [1.29, 1.82) is 0 Å². The Kier molecular flexibility index (Phi) is 41.5. The summed E-state index contributed by atoms with van der Waals surface area (Å²) in [5, 5.41) is 76.2. The number of H-pyrrole nitrogens is 1. The van der Waals surface area contributed by atoms with E-state index in [2.05, 4.69) is 58.8 Å². The van der Waals surface area contributed by atoms with E-state index in [-0.39, 0.29) is 95.4 Å². The van der Waals surface area contributed by atoms with Gasteiger partial charge in [0.15, 0.2) is 5.78 Å². The number of rotatable bonds is 28. The highest BCUT2D eigenvalue weighted by atomic mass is 32.2. The number of aromatic amines is 1. The van der Waals surface area contributed by atoms with Gasteiger partial charge in [0.2, 0.25) is 88.6 Å². The molecule has 3 aliphatic heterocycles. The Balaban J connectivity index is 1.22. The van der Waals surface area contributed by atoms with Crippen LogP contribution in [0.5, 0.6) is 5.75 Å². The number of primary amides is 1. The van der Waals surface area contributed by atoms with E-state index in [0.717, 1.165) is 24.5 Å². The number of carbonyl (C=O) groups is 19. The standard InChI is InChI=1S/C94H129N19O24S/c1-10-13-24-72-87(129)101-62(32-33-79(119)120)83(125)107-70(86(128)102-64(20-12-3)94(136)137)49-138-50-78(118)99-66(38-53-28-30-57(114)31-29-53)89(131)108(7)52(6)81(123)103-68(43-77(97)117)91(133)112-36-19-27-73(112)88(130)106-69(44-96)85(127)104-65(37-51(4)5)92(134)113-47-58(115)42-75(113)76(116)41-54(39-55-45-98-61-23-17-15-21-59(55)61)82(124)100-63(34-35-95)84(126)105-67(90(132)110(9)74(25-14-11-2)93(135)109(72)8)40-56-46-111(48-80(121)122)71-26-18-16-22-60(56)71/h3,15-18,21-23,26,28-31,45-46,51-52,54,58,62-70,72-75,98,114-115H,10-11,13-14,19-20,24-25,27,32-44,47-50,95-96H2,1-2,4-9H3,(H2,97,117)(H,99,118)(H,100,124)(H,101,129)(H,102,128)(H,103,123)(H,104,127)(H,105,126)(H,106,130)(H,107,125)(H,119,120)(H,121,122)(H,136,137)/t52-,54+,58+,62-,63-,64-,65-,66-,67-,68-,69-,70-,72-,73-,74-,75-/m0/s1. The molecule has 16 atom stereocenters. The van der Waals surface area contributed by atoms with Crippen LogP contribution >= 0.6 is 11.8 Å². The molecule has 750 valence electrons. The minimum atomic E-state index is -1.88. The van der Waals surface area contributed by atoms with Crippen LogP contribution in [0, 0.1) is 24.2 Å². The van der Waals surface area contributed by atoms with E-state index in [1.54, 1.807) is 82.4 Å². The number of thioether (sulfide) groups is 1. The molecule has 138 heavy (non-hydrogen) atoms. The zero-order valence-electron chi connectivity index (χ0n) is 78.7. The molecule has 21 N–H and O–H groups in total. The van der Waals surface area contributed by atoms with Crippen molar-refractivity contribution in [3.05, 3.63) is 102 Å². The van der Waals surface area contributed by atoms with Crippen LogP contribution in [0.4, 0.5) is 0 Å². The molecular formula is C94H129N19O24S. The number of hydrogen-bond acceptors (Lipinski definition) is 24. The van der Waals surface area contributed by atoms with Gasteiger partial charge in [0.05, 0.1) is 24.3 Å². The number of fused-ring (bicyclic) bond motifs is 4. The van der Waals surface area contributed by atoms with Crippen molar-refractivity contribution >= 4 is 146 Å². The maximum atomic E-state index is 16.0. The number of benzene rings is 3. The topological polar surface area (TPSA) is 649 Å². The smallest absolute Gasteiger partial charge is 0.327 e. The van der Waals surface area contributed by atoms with Crippen molar-refractivity contribution in [2.45, 2.75) is 254 Å². The van der Waals surface area contributed by atoms with Crippen molar-refractivity contribution < 1.29 is 117 Å². The third-order valence-corrected chi connectivity index (χ3v) is 25.8. The predicted molar refractivity (Wildman–Crippen MR) is 504 cm³/mol. The zero-order valence-corrected chi connectivity index (χ0v) is 79.5. The molecule has 15 amide bonds. The number of hydrogen-bond donors (Lipinski definition) is 18. The molecule has 0 unspecified atom stereocenters. The number of ketones is 1. The quantitative estimate of drug-likeness (QED) is 0.0258. The van der Waals surface area contributed by atoms with Crippen LogP contribution < -0.4 is 65.1 Å². The number of nitrogens with zero attached hydrogens (tertiary/aromatic N) is 6. The lowest BCUT2D eigenvalue weighted by atomic mass is 9.90. The first kappa shape index (κ1) is 110. The summed E-state index contributed by atoms with van der Waals surface area (Å²) in [5.41, 5.74) is 20.4. The molecule has 3 fully saturated rings. The average molecular weight is 1940 g/mol. The second kappa shape index (κ2) is 52.1. The number of nitrogens with two attached hydrogens (primary N) is 3. The number of carboxylic acid groups (broad SMARTS) is 3. The Bertz CT molecular complexity index is 5290. The molecule has 5 heterocycles. The van der Waals surface area contributed by atoms with Gasteiger partial charge in [0, 0.05) is 125 Å². The molecule has 2 aromatic heterocycles. The predicted octanol–water partition coefficient (Wildman–Crippen LogP) is -1.34. The van der Waals surface area contributed by atoms with Gasteiger partial charge in [0.1, 0.15) is 90.8 Å². The fourth-order valence-electron chi connectivity index (χ4n) is 17.2. The Morgan fingerprint density at radius 2 is 1.19 bits per heavy atom. The number of Topliss-reactive ketones (excluding diaryl/α,β-unsaturated/α-hetero) is 1. The van der Waals surface area contributed by atoms with Gasteiger partial charge in [-0.15, -0.1) is 24.1 Å². The maximum Gasteiger partial charge on any atom is 0.327 e. The first-order chi connectivity index (χ1) is 65.5. The third kappa shape index (κ3) is 30.2. The minimum Gasteiger partial charge on any atom is -0.508 e. The summed E-state index contributed by atoms with van der Waals surface area (Å²) < 4.78 is 1.41. The monoisotopic (exact) mass is 1940 g/mol. The SMILES string of the molecule is C#CC[C@H](NC(=O)[C@@H]1CSCC(=O)N[C@@H](Cc2ccc(O)cc2)C(=O)N(C)[C@@H](C)C(=O)N[C@@H](CC(N)=O)C(=O)N2CCC[C@H]2C(=O)N[C@@H](CN)C(=O)N[C@@H](CC(C)C)C(=O)N2C[C@H](O)C[C@H]2C(=O)C[C@@H](Cc2c[nH]c3ccccc23)C(=O)N[C@@H](CCN)C(=O)N[C@@H](Cc2cn(CC(=O)O)c3ccccc23)C(=O)N(C)[C@@H](CCCC)C(=O)N(C)[C@@H](CCCC)C(=O)N[C@@H](CCC(=O)O)C(=O)N1)C(=O)O. The highest BCUT2D eigenvalue weighted by molar-refractivity contribution is 8.00. The van der Waals surface area contributed by atoms with Gasteiger partial charge < -0.3 is 125 Å². The number of nitrogens with one attached hydrogen (secondary N) is 10. The molecule has 3 saturated heterocycles. The number of para-hydroxylation sites is 2. The highest BCUT2D eigenvalue weighted by Crippen LogP contribution is 2.31. The fourth-order valence-corrected chi connectivity index (χ4v) is 18.1. The van der Waals surface area contributed by atoms with Crippen LogP contribution in [-0.2, 0) is 117 Å². The summed E-state index contributed by atoms with van der Waals surface area (Å²) in [7, 11) is 3.71. The molecule has 43 nitrogen and oxygen atoms in total. The Morgan fingerprint density at radius 1 is 0.601 bits per heavy atom. The van der Waals surface area contributed by atoms with E-state index >= 15 is 33.6 Å². The van der Waals surface area contributed by atoms with Gasteiger partial charge in [-0.3, -0.25) is 86.3 Å². The van der Waals surface area contributed by atoms with Crippen LogP contribution in [0.25, 0.3) is 21.8 Å². The number of aromatic hydroxyl groups is 1. The number of aliphatic hydroxyl groups is 1. The Morgan fingerprint density at radius 3 is 1.83 bits per heavy atom. The molecule has 0 bridgehead atoms. The molecular weight excluding hydrogens is 1810 g/mol. The zero-order chi connectivity index (χ0) is 102. The number of aliphatic hydroxyl groups excluding tert-OH is 1. The number of unbranched alkanes of at least 4 members (excludes halogenated alkanes) is 2. The number of phenolic OH excluding ortho intramolecular Hbond substituents is 1. The summed E-state index contributed by atoms with van der Waals surface area (Å²) in [6, 6.07) is -3.72. The van der Waals surface area contributed by atoms with Crippen LogP contribution in [-0.4, -0.2) is 321 Å². The van der Waals surface area contributed by atoms with Gasteiger partial charge in [-0.2, -0.15) is 0 Å².